The van der Waals surface area contributed by atoms with E-state index in [4.69, 9.17) is 0 Å². The molecule has 0 aliphatic carbocycles. The fraction of sp³-hybridized carbons (Fsp3) is 0.533. The Bertz CT molecular complexity index is 2110. The maximum atomic E-state index is 14.4. The Balaban J connectivity index is 0.929. The number of para-hydroxylation sites is 1. The lowest BCUT2D eigenvalue weighted by atomic mass is 9.98. The van der Waals surface area contributed by atoms with Crippen LogP contribution >= 0.6 is 0 Å². The Morgan fingerprint density at radius 3 is 2.22 bits per heavy atom. The van der Waals surface area contributed by atoms with Crippen molar-refractivity contribution in [3.63, 3.8) is 0 Å². The van der Waals surface area contributed by atoms with Crippen molar-refractivity contribution in [2.75, 3.05) is 7.05 Å². The monoisotopic (exact) mass is 803 g/mol. The lowest BCUT2D eigenvalue weighted by molar-refractivity contribution is -0.144. The van der Waals surface area contributed by atoms with Gasteiger partial charge in [0.1, 0.15) is 17.8 Å². The van der Waals surface area contributed by atoms with Crippen LogP contribution in [0.25, 0.3) is 10.9 Å². The van der Waals surface area contributed by atoms with Gasteiger partial charge in [0, 0.05) is 42.4 Å². The van der Waals surface area contributed by atoms with E-state index < -0.39 is 24.2 Å². The molecular weight excluding hydrogens is 743 g/mol. The van der Waals surface area contributed by atoms with Crippen LogP contribution in [0.4, 0.5) is 0 Å². The number of unbranched alkanes of at least 4 members (excludes halogenated alkanes) is 7. The minimum atomic E-state index is -0.706. The Morgan fingerprint density at radius 2 is 1.49 bits per heavy atom. The van der Waals surface area contributed by atoms with Gasteiger partial charge in [-0.15, -0.1) is 10.2 Å². The number of benzene rings is 2. The first-order chi connectivity index (χ1) is 28.9. The number of hydrogen-bond donors (Lipinski definition) is 4. The number of hydrogen-bond acceptors (Lipinski definition) is 8. The van der Waals surface area contributed by atoms with Gasteiger partial charge in [0.05, 0.1) is 24.0 Å². The van der Waals surface area contributed by atoms with E-state index in [2.05, 4.69) is 41.6 Å². The van der Waals surface area contributed by atoms with Crippen molar-refractivity contribution < 1.29 is 14.4 Å². The average molecular weight is 804 g/mol. The van der Waals surface area contributed by atoms with Gasteiger partial charge >= 0.3 is 0 Å². The van der Waals surface area contributed by atoms with E-state index in [1.165, 1.54) is 32.1 Å². The quantitative estimate of drug-likeness (QED) is 0.0703. The molecule has 3 aromatic heterocycles. The maximum Gasteiger partial charge on any atom is 0.246 e. The molecule has 2 aliphatic rings. The van der Waals surface area contributed by atoms with Crippen LogP contribution in [0.5, 0.6) is 0 Å². The van der Waals surface area contributed by atoms with E-state index in [0.717, 1.165) is 85.8 Å². The van der Waals surface area contributed by atoms with E-state index in [1.807, 2.05) is 89.5 Å². The number of aromatic amines is 1. The van der Waals surface area contributed by atoms with Crippen LogP contribution < -0.4 is 16.0 Å². The van der Waals surface area contributed by atoms with E-state index >= 15 is 0 Å². The van der Waals surface area contributed by atoms with Crippen molar-refractivity contribution in [2.24, 2.45) is 0 Å². The Kier molecular flexibility index (Phi) is 14.5. The molecule has 2 saturated heterocycles. The summed E-state index contributed by atoms with van der Waals surface area (Å²) in [6.07, 6.45) is 20.2. The highest BCUT2D eigenvalue weighted by Gasteiger charge is 2.44. The molecule has 4 N–H and O–H groups in total. The number of carbonyl (C=O) groups is 3. The zero-order chi connectivity index (χ0) is 41.0. The number of amides is 3. The van der Waals surface area contributed by atoms with E-state index in [9.17, 15) is 14.4 Å². The number of likely N-dealkylation sites (N-methyl/N-ethyl adjacent to an activating group) is 1. The van der Waals surface area contributed by atoms with Crippen LogP contribution in [0, 0.1) is 6.92 Å². The predicted molar refractivity (Wildman–Crippen MR) is 227 cm³/mol. The van der Waals surface area contributed by atoms with Crippen LogP contribution in [0.15, 0.2) is 73.2 Å². The number of nitrogens with one attached hydrogen (secondary N) is 4. The van der Waals surface area contributed by atoms with E-state index in [-0.39, 0.29) is 23.8 Å². The van der Waals surface area contributed by atoms with Crippen molar-refractivity contribution in [2.45, 2.75) is 147 Å². The zero-order valence-electron chi connectivity index (χ0n) is 34.7. The number of fused-ring (bicyclic) bond motifs is 2. The third-order valence-electron chi connectivity index (χ3n) is 12.2. The van der Waals surface area contributed by atoms with Gasteiger partial charge in [-0.25, -0.2) is 0 Å². The molecule has 0 spiro atoms. The molecule has 0 radical (unpaired) electrons. The van der Waals surface area contributed by atoms with Crippen molar-refractivity contribution in [1.29, 1.82) is 0 Å². The van der Waals surface area contributed by atoms with E-state index in [0.29, 0.717) is 25.0 Å². The van der Waals surface area contributed by atoms with Crippen molar-refractivity contribution in [1.82, 2.24) is 55.8 Å². The number of aryl methyl sites for hydroxylation is 3. The topological polar surface area (TPSA) is 168 Å². The Hall–Kier alpha value is -5.37. The summed E-state index contributed by atoms with van der Waals surface area (Å²) >= 11 is 0. The summed E-state index contributed by atoms with van der Waals surface area (Å²) in [6, 6.07) is 15.4. The van der Waals surface area contributed by atoms with Gasteiger partial charge in [-0.05, 0) is 76.1 Å². The molecule has 5 atom stereocenters. The molecule has 5 aromatic rings. The third-order valence-corrected chi connectivity index (χ3v) is 12.2. The van der Waals surface area contributed by atoms with Crippen molar-refractivity contribution in [3.05, 3.63) is 95.7 Å². The molecule has 14 heteroatoms. The summed E-state index contributed by atoms with van der Waals surface area (Å²) in [5, 5.41) is 27.8. The second-order valence-electron chi connectivity index (χ2n) is 16.5. The molecule has 314 valence electrons. The molecule has 14 nitrogen and oxygen atoms in total. The predicted octanol–water partition coefficient (Wildman–Crippen LogP) is 5.94. The van der Waals surface area contributed by atoms with Crippen LogP contribution in [0.2, 0.25) is 0 Å². The highest BCUT2D eigenvalue weighted by Crippen LogP contribution is 2.32. The van der Waals surface area contributed by atoms with Gasteiger partial charge in [-0.2, -0.15) is 0 Å². The average Bonchev–Trinajstić information content (AvgIpc) is 4.07. The lowest BCUT2D eigenvalue weighted by Gasteiger charge is -2.36. The molecule has 0 unspecified atom stereocenters. The largest absolute Gasteiger partial charge is 0.361 e. The first-order valence-corrected chi connectivity index (χ1v) is 21.8. The number of rotatable bonds is 20. The third kappa shape index (κ3) is 10.8. The van der Waals surface area contributed by atoms with Gasteiger partial charge in [0.2, 0.25) is 17.7 Å². The molecule has 3 amide bonds. The molecule has 0 bridgehead atoms. The fourth-order valence-corrected chi connectivity index (χ4v) is 8.92. The number of nitrogens with zero attached hydrogens (tertiary/aromatic N) is 7. The molecule has 0 saturated carbocycles. The fourth-order valence-electron chi connectivity index (χ4n) is 8.92. The maximum absolute atomic E-state index is 14.4. The Labute approximate surface area is 347 Å². The van der Waals surface area contributed by atoms with Crippen LogP contribution in [0.3, 0.4) is 0 Å². The smallest absolute Gasteiger partial charge is 0.246 e. The van der Waals surface area contributed by atoms with Gasteiger partial charge in [-0.3, -0.25) is 23.7 Å². The number of H-pyrrole nitrogens is 1. The zero-order valence-corrected chi connectivity index (χ0v) is 34.7. The van der Waals surface area contributed by atoms with Crippen LogP contribution in [0.1, 0.15) is 118 Å². The minimum Gasteiger partial charge on any atom is -0.361 e. The van der Waals surface area contributed by atoms with Crippen molar-refractivity contribution >= 4 is 28.6 Å². The minimum absolute atomic E-state index is 0.0462. The second-order valence-corrected chi connectivity index (χ2v) is 16.5. The molecule has 2 aromatic carbocycles. The Morgan fingerprint density at radius 1 is 0.814 bits per heavy atom. The first-order valence-electron chi connectivity index (χ1n) is 21.8. The normalized spacial score (nSPS) is 19.3. The van der Waals surface area contributed by atoms with Crippen molar-refractivity contribution in [3.8, 4) is 0 Å². The summed E-state index contributed by atoms with van der Waals surface area (Å²) in [6.45, 7) is 3.66. The summed E-state index contributed by atoms with van der Waals surface area (Å²) in [5.74, 6) is -0.610. The molecule has 59 heavy (non-hydrogen) atoms. The number of carbonyl (C=O) groups excluding carboxylic acids is 3. The molecule has 2 aliphatic heterocycles. The summed E-state index contributed by atoms with van der Waals surface area (Å²) < 4.78 is 3.80. The summed E-state index contributed by atoms with van der Waals surface area (Å²) in [7, 11) is 1.77. The first kappa shape index (κ1) is 41.8. The van der Waals surface area contributed by atoms with Gasteiger partial charge in [0.25, 0.3) is 0 Å². The second kappa shape index (κ2) is 20.5. The summed E-state index contributed by atoms with van der Waals surface area (Å²) in [5.41, 5.74) is 4.58. The van der Waals surface area contributed by atoms with Crippen LogP contribution in [-0.4, -0.2) is 88.8 Å². The molecular formula is C45H61N11O3. The van der Waals surface area contributed by atoms with Gasteiger partial charge in [0.15, 0.2) is 0 Å². The summed E-state index contributed by atoms with van der Waals surface area (Å²) in [4.78, 5) is 47.6. The molecule has 5 heterocycles. The highest BCUT2D eigenvalue weighted by molar-refractivity contribution is 5.94. The lowest BCUT2D eigenvalue weighted by Crippen LogP contribution is -2.58. The highest BCUT2D eigenvalue weighted by atomic mass is 16.2. The van der Waals surface area contributed by atoms with Gasteiger partial charge in [-0.1, -0.05) is 110 Å². The standard InChI is InChI=1S/C45H61N11O3/c1-32-30-54(52-50-32)26-16-7-5-3-4-6-8-17-27-55-31-40(51-53-55)42(33-18-10-9-11-19-33)49-44(58)41-25-24-35-20-12-14-23-38(45(59)56(35)41)48-43(57)39(46-2)28-34-29-47-37-22-15-13-21-36(34)37/h9-11,13,15,18-19,21-22,29-31,35,38-39,41-42,46-47H,3-8,12,14,16-17,20,23-28H2,1-2H3,(H,48,57)(H,49,58)/t35-,38-,39-,41-,42+/m0/s1. The van der Waals surface area contributed by atoms with Gasteiger partial charge < -0.3 is 25.8 Å². The van der Waals surface area contributed by atoms with E-state index in [1.54, 1.807) is 11.9 Å². The molecule has 7 rings (SSSR count). The SMILES string of the molecule is CN[C@@H](Cc1c[nH]c2ccccc12)C(=O)N[C@H]1CCCC[C@H]2CC[C@@H](C(=O)N[C@H](c3ccccc3)c3cn(CCCCCCCCCCn4cc(C)nn4)nn3)N2C1=O. The molecule has 2 fully saturated rings. The van der Waals surface area contributed by atoms with Crippen LogP contribution in [-0.2, 0) is 33.9 Å². The number of aromatic nitrogens is 7.